The van der Waals surface area contributed by atoms with Gasteiger partial charge in [0.05, 0.1) is 19.2 Å². The maximum Gasteiger partial charge on any atom is 0.312 e. The number of carbonyl (C=O) groups excluding carboxylic acids is 1. The van der Waals surface area contributed by atoms with Gasteiger partial charge in [-0.3, -0.25) is 4.79 Å². The molecule has 100 valence electrons. The van der Waals surface area contributed by atoms with Crippen LogP contribution in [0.15, 0.2) is 17.5 Å². The molecule has 0 N–H and O–H groups in total. The second-order valence-electron chi connectivity index (χ2n) is 3.96. The van der Waals surface area contributed by atoms with Crippen LogP contribution in [0.2, 0.25) is 0 Å². The molecule has 2 rings (SSSR count). The van der Waals surface area contributed by atoms with Crippen LogP contribution in [0.3, 0.4) is 0 Å². The Hall–Kier alpha value is -1.82. The molecule has 1 aromatic heterocycles. The molecule has 0 radical (unpaired) electrons. The molecular formula is C13H11F2NO2S. The van der Waals surface area contributed by atoms with Gasteiger partial charge in [-0.05, 0) is 24.6 Å². The molecular weight excluding hydrogens is 272 g/mol. The van der Waals surface area contributed by atoms with Crippen LogP contribution >= 0.6 is 11.3 Å². The molecule has 3 nitrogen and oxygen atoms in total. The Morgan fingerprint density at radius 3 is 2.79 bits per heavy atom. The summed E-state index contributed by atoms with van der Waals surface area (Å²) < 4.78 is 31.7. The highest BCUT2D eigenvalue weighted by Crippen LogP contribution is 2.27. The number of carbonyl (C=O) groups is 1. The van der Waals surface area contributed by atoms with Crippen molar-refractivity contribution in [2.75, 3.05) is 7.11 Å². The van der Waals surface area contributed by atoms with E-state index in [0.29, 0.717) is 10.7 Å². The molecule has 1 heterocycles. The number of nitrogens with zero attached hydrogens (tertiary/aromatic N) is 1. The first-order valence-corrected chi connectivity index (χ1v) is 6.36. The van der Waals surface area contributed by atoms with Gasteiger partial charge in [0.2, 0.25) is 0 Å². The van der Waals surface area contributed by atoms with Crippen molar-refractivity contribution >= 4 is 17.3 Å². The van der Waals surface area contributed by atoms with Crippen molar-refractivity contribution in [2.45, 2.75) is 13.3 Å². The lowest BCUT2D eigenvalue weighted by atomic mass is 10.1. The van der Waals surface area contributed by atoms with Crippen molar-refractivity contribution in [3.63, 3.8) is 0 Å². The molecule has 0 spiro atoms. The number of hydrogen-bond acceptors (Lipinski definition) is 4. The van der Waals surface area contributed by atoms with E-state index in [0.717, 1.165) is 12.1 Å². The lowest BCUT2D eigenvalue weighted by molar-refractivity contribution is -0.139. The van der Waals surface area contributed by atoms with Gasteiger partial charge in [-0.1, -0.05) is 0 Å². The lowest BCUT2D eigenvalue weighted by Crippen LogP contribution is -2.03. The smallest absolute Gasteiger partial charge is 0.312 e. The van der Waals surface area contributed by atoms with Gasteiger partial charge in [-0.2, -0.15) is 0 Å². The van der Waals surface area contributed by atoms with E-state index in [1.807, 2.05) is 0 Å². The lowest BCUT2D eigenvalue weighted by Gasteiger charge is -2.02. The van der Waals surface area contributed by atoms with Crippen LogP contribution in [0.1, 0.15) is 10.6 Å². The minimum atomic E-state index is -0.534. The minimum absolute atomic E-state index is 0.0249. The summed E-state index contributed by atoms with van der Waals surface area (Å²) in [7, 11) is 1.28. The highest BCUT2D eigenvalue weighted by molar-refractivity contribution is 7.10. The number of benzene rings is 1. The highest BCUT2D eigenvalue weighted by Gasteiger charge is 2.14. The molecule has 0 saturated heterocycles. The average molecular weight is 283 g/mol. The van der Waals surface area contributed by atoms with E-state index in [9.17, 15) is 13.6 Å². The van der Waals surface area contributed by atoms with Crippen molar-refractivity contribution in [2.24, 2.45) is 0 Å². The zero-order valence-corrected chi connectivity index (χ0v) is 11.2. The van der Waals surface area contributed by atoms with Crippen LogP contribution in [0, 0.1) is 18.6 Å². The molecule has 0 aliphatic rings. The summed E-state index contributed by atoms with van der Waals surface area (Å²) in [6.45, 7) is 1.49. The number of ether oxygens (including phenoxy) is 1. The largest absolute Gasteiger partial charge is 0.469 e. The maximum atomic E-state index is 13.8. The fourth-order valence-corrected chi connectivity index (χ4v) is 2.33. The van der Waals surface area contributed by atoms with E-state index in [2.05, 4.69) is 9.72 Å². The van der Waals surface area contributed by atoms with Gasteiger partial charge in [0.25, 0.3) is 0 Å². The summed E-state index contributed by atoms with van der Waals surface area (Å²) >= 11 is 1.21. The van der Waals surface area contributed by atoms with Crippen LogP contribution in [-0.4, -0.2) is 18.1 Å². The normalized spacial score (nSPS) is 10.5. The molecule has 19 heavy (non-hydrogen) atoms. The summed E-state index contributed by atoms with van der Waals surface area (Å²) in [6, 6.07) is 2.24. The fraction of sp³-hybridized carbons (Fsp3) is 0.231. The Balaban J connectivity index is 2.33. The topological polar surface area (TPSA) is 39.2 Å². The average Bonchev–Trinajstić information content (AvgIpc) is 2.82. The van der Waals surface area contributed by atoms with Gasteiger partial charge < -0.3 is 4.74 Å². The molecule has 0 amide bonds. The van der Waals surface area contributed by atoms with E-state index in [1.165, 1.54) is 25.4 Å². The first kappa shape index (κ1) is 13.6. The number of aromatic nitrogens is 1. The number of methoxy groups -OCH3 is 1. The van der Waals surface area contributed by atoms with Gasteiger partial charge >= 0.3 is 5.97 Å². The minimum Gasteiger partial charge on any atom is -0.469 e. The molecule has 0 saturated carbocycles. The number of rotatable bonds is 3. The zero-order valence-electron chi connectivity index (χ0n) is 10.4. The second kappa shape index (κ2) is 5.44. The third-order valence-corrected chi connectivity index (χ3v) is 3.45. The van der Waals surface area contributed by atoms with Gasteiger partial charge in [-0.15, -0.1) is 11.3 Å². The molecule has 0 atom stereocenters. The Labute approximate surface area is 112 Å². The summed E-state index contributed by atoms with van der Waals surface area (Å²) in [5, 5.41) is 2.09. The zero-order chi connectivity index (χ0) is 14.0. The van der Waals surface area contributed by atoms with E-state index >= 15 is 0 Å². The van der Waals surface area contributed by atoms with Gasteiger partial charge in [0.1, 0.15) is 16.6 Å². The fourth-order valence-electron chi connectivity index (χ4n) is 1.55. The van der Waals surface area contributed by atoms with Gasteiger partial charge in [-0.25, -0.2) is 13.8 Å². The van der Waals surface area contributed by atoms with Gasteiger partial charge in [0.15, 0.2) is 0 Å². The number of thiazole rings is 1. The van der Waals surface area contributed by atoms with Crippen LogP contribution in [0.5, 0.6) is 0 Å². The molecule has 0 unspecified atom stereocenters. The summed E-state index contributed by atoms with van der Waals surface area (Å²) in [6.07, 6.45) is 0.0249. The predicted molar refractivity (Wildman–Crippen MR) is 67.9 cm³/mol. The number of esters is 1. The first-order valence-electron chi connectivity index (χ1n) is 5.48. The summed E-state index contributed by atoms with van der Waals surface area (Å²) in [5.74, 6) is -1.44. The molecule has 0 fully saturated rings. The van der Waals surface area contributed by atoms with Crippen LogP contribution in [0.4, 0.5) is 8.78 Å². The predicted octanol–water partition coefficient (Wildman–Crippen LogP) is 3.11. The molecule has 1 aromatic carbocycles. The van der Waals surface area contributed by atoms with Crippen molar-refractivity contribution < 1.29 is 18.3 Å². The Morgan fingerprint density at radius 2 is 2.11 bits per heavy atom. The number of aryl methyl sites for hydroxylation is 1. The first-order chi connectivity index (χ1) is 9.01. The Kier molecular flexibility index (Phi) is 3.90. The maximum absolute atomic E-state index is 13.8. The van der Waals surface area contributed by atoms with E-state index in [4.69, 9.17) is 0 Å². The molecule has 0 bridgehead atoms. The van der Waals surface area contributed by atoms with Crippen LogP contribution in [0.25, 0.3) is 11.3 Å². The Bertz CT molecular complexity index is 625. The molecule has 0 aliphatic heterocycles. The number of halogens is 2. The SMILES string of the molecule is COC(=O)Cc1nc(-c2cc(F)c(C)cc2F)cs1. The van der Waals surface area contributed by atoms with Crippen molar-refractivity contribution in [1.82, 2.24) is 4.98 Å². The van der Waals surface area contributed by atoms with E-state index in [-0.39, 0.29) is 17.5 Å². The molecule has 0 aliphatic carbocycles. The van der Waals surface area contributed by atoms with Crippen molar-refractivity contribution in [3.05, 3.63) is 39.7 Å². The van der Waals surface area contributed by atoms with E-state index < -0.39 is 17.6 Å². The third kappa shape index (κ3) is 2.96. The highest BCUT2D eigenvalue weighted by atomic mass is 32.1. The van der Waals surface area contributed by atoms with Crippen molar-refractivity contribution in [3.8, 4) is 11.3 Å². The van der Waals surface area contributed by atoms with E-state index in [1.54, 1.807) is 5.38 Å². The Morgan fingerprint density at radius 1 is 1.37 bits per heavy atom. The molecule has 2 aromatic rings. The van der Waals surface area contributed by atoms with Crippen LogP contribution < -0.4 is 0 Å². The summed E-state index contributed by atoms with van der Waals surface area (Å²) in [4.78, 5) is 15.2. The van der Waals surface area contributed by atoms with Gasteiger partial charge in [0, 0.05) is 10.9 Å². The standard InChI is InChI=1S/C13H11F2NO2S/c1-7-3-10(15)8(4-9(7)14)11-6-19-12(16-11)5-13(17)18-2/h3-4,6H,5H2,1-2H3. The van der Waals surface area contributed by atoms with Crippen molar-refractivity contribution in [1.29, 1.82) is 0 Å². The third-order valence-electron chi connectivity index (χ3n) is 2.60. The van der Waals surface area contributed by atoms with Crippen LogP contribution in [-0.2, 0) is 16.0 Å². The molecule has 6 heteroatoms. The number of hydrogen-bond donors (Lipinski definition) is 0. The monoisotopic (exact) mass is 283 g/mol. The second-order valence-corrected chi connectivity index (χ2v) is 4.90. The summed E-state index contributed by atoms with van der Waals surface area (Å²) in [5.41, 5.74) is 0.655. The quantitative estimate of drug-likeness (QED) is 0.812.